The zero-order chi connectivity index (χ0) is 30.1. The van der Waals surface area contributed by atoms with E-state index in [0.29, 0.717) is 16.3 Å². The molecule has 1 aliphatic rings. The van der Waals surface area contributed by atoms with Crippen LogP contribution in [0.1, 0.15) is 19.4 Å². The first-order valence-corrected chi connectivity index (χ1v) is 13.2. The van der Waals surface area contributed by atoms with Crippen LogP contribution >= 0.6 is 11.6 Å². The first-order chi connectivity index (χ1) is 18.5. The average Bonchev–Trinajstić information content (AvgIpc) is 3.38. The minimum Gasteiger partial charge on any atom is -0.475 e. The quantitative estimate of drug-likeness (QED) is 0.406. The third kappa shape index (κ3) is 5.91. The van der Waals surface area contributed by atoms with Crippen molar-refractivity contribution in [1.29, 1.82) is 0 Å². The van der Waals surface area contributed by atoms with Gasteiger partial charge in [-0.1, -0.05) is 16.8 Å². The standard InChI is InChI=1S/C21H21ClF2N6O2S.C2HF3O2/c1-20(2)19(25)29-21(10-23,11-33(20,31)26-3)14-6-12(4-5-15(14)24)17-7-16(30-32-17)18-27-8-13(22)9-28-18;3-2(4,5)1(6)7/h4-9H,10-11H2,1-3H3,(H2,25,29);(H,6,7)/t21-,33?;/m0./s1. The van der Waals surface area contributed by atoms with E-state index >= 15 is 4.39 Å². The highest BCUT2D eigenvalue weighted by molar-refractivity contribution is 7.95. The molecule has 2 atom stereocenters. The van der Waals surface area contributed by atoms with Crippen LogP contribution in [0.2, 0.25) is 5.02 Å². The van der Waals surface area contributed by atoms with Crippen molar-refractivity contribution in [3.8, 4) is 22.8 Å². The maximum atomic E-state index is 15.0. The zero-order valence-corrected chi connectivity index (χ0v) is 22.6. The minimum atomic E-state index is -5.08. The van der Waals surface area contributed by atoms with E-state index in [0.717, 1.165) is 0 Å². The number of benzene rings is 1. The van der Waals surface area contributed by atoms with Gasteiger partial charge in [-0.2, -0.15) is 13.2 Å². The van der Waals surface area contributed by atoms with Crippen LogP contribution in [0.25, 0.3) is 22.8 Å². The van der Waals surface area contributed by atoms with Gasteiger partial charge in [-0.05, 0) is 32.0 Å². The minimum absolute atomic E-state index is 0.0476. The number of hydrogen-bond acceptors (Lipinski definition) is 9. The molecule has 0 radical (unpaired) electrons. The van der Waals surface area contributed by atoms with Crippen molar-refractivity contribution in [1.82, 2.24) is 15.1 Å². The Kier molecular flexibility index (Phi) is 8.55. The first-order valence-electron chi connectivity index (χ1n) is 11.1. The van der Waals surface area contributed by atoms with Crippen LogP contribution < -0.4 is 5.73 Å². The number of carboxylic acids is 1. The van der Waals surface area contributed by atoms with Gasteiger partial charge in [0.05, 0.1) is 20.5 Å². The number of hydrogen-bond donors (Lipinski definition) is 2. The molecule has 0 spiro atoms. The van der Waals surface area contributed by atoms with Gasteiger partial charge in [0.15, 0.2) is 17.3 Å². The smallest absolute Gasteiger partial charge is 0.475 e. The van der Waals surface area contributed by atoms with Gasteiger partial charge in [0.1, 0.15) is 28.6 Å². The Morgan fingerprint density at radius 1 is 1.25 bits per heavy atom. The molecule has 40 heavy (non-hydrogen) atoms. The maximum absolute atomic E-state index is 15.0. The summed E-state index contributed by atoms with van der Waals surface area (Å²) >= 11 is 5.81. The number of nitrogens with two attached hydrogens (primary N) is 1. The van der Waals surface area contributed by atoms with Crippen molar-refractivity contribution in [3.05, 3.63) is 53.1 Å². The molecule has 0 amide bonds. The molecule has 0 bridgehead atoms. The lowest BCUT2D eigenvalue weighted by Gasteiger charge is -2.41. The van der Waals surface area contributed by atoms with Gasteiger partial charge in [0, 0.05) is 36.6 Å². The van der Waals surface area contributed by atoms with Crippen molar-refractivity contribution in [2.45, 2.75) is 30.3 Å². The van der Waals surface area contributed by atoms with Crippen molar-refractivity contribution in [3.63, 3.8) is 0 Å². The normalized spacial score (nSPS) is 22.1. The number of aliphatic carboxylic acids is 1. The SMILES string of the molecule is CN=S1(=O)C[C@@](CF)(c2cc(-c3cc(-c4ncc(Cl)cn4)no3)ccc2F)N=C(N)C1(C)C.O=C(O)C(F)(F)F. The molecule has 1 aromatic carbocycles. The molecular weight excluding hydrogens is 587 g/mol. The van der Waals surface area contributed by atoms with Gasteiger partial charge < -0.3 is 15.4 Å². The fourth-order valence-corrected chi connectivity index (χ4v) is 5.99. The molecule has 2 aromatic heterocycles. The van der Waals surface area contributed by atoms with Crippen LogP contribution in [-0.2, 0) is 20.1 Å². The van der Waals surface area contributed by atoms with E-state index in [1.807, 2.05) is 0 Å². The Morgan fingerprint density at radius 3 is 2.38 bits per heavy atom. The number of halogens is 6. The topological polar surface area (TPSA) is 157 Å². The highest BCUT2D eigenvalue weighted by Crippen LogP contribution is 2.41. The van der Waals surface area contributed by atoms with Crippen LogP contribution in [0.15, 0.2) is 50.5 Å². The third-order valence-electron chi connectivity index (χ3n) is 6.05. The molecule has 3 N–H and O–H groups in total. The Bertz CT molecular complexity index is 1570. The molecule has 0 saturated carbocycles. The number of nitrogens with zero attached hydrogens (tertiary/aromatic N) is 5. The lowest BCUT2D eigenvalue weighted by molar-refractivity contribution is -0.192. The number of aromatic nitrogens is 3. The van der Waals surface area contributed by atoms with Gasteiger partial charge in [-0.3, -0.25) is 4.99 Å². The van der Waals surface area contributed by atoms with E-state index in [9.17, 15) is 21.8 Å². The van der Waals surface area contributed by atoms with Gasteiger partial charge >= 0.3 is 12.1 Å². The Labute approximate surface area is 229 Å². The molecule has 3 aromatic rings. The van der Waals surface area contributed by atoms with Crippen molar-refractivity contribution >= 4 is 33.1 Å². The maximum Gasteiger partial charge on any atom is 0.490 e. The summed E-state index contributed by atoms with van der Waals surface area (Å²) < 4.78 is 83.2. The van der Waals surface area contributed by atoms with Crippen LogP contribution in [0.3, 0.4) is 0 Å². The van der Waals surface area contributed by atoms with E-state index in [1.54, 1.807) is 19.9 Å². The highest BCUT2D eigenvalue weighted by Gasteiger charge is 2.50. The first kappa shape index (κ1) is 30.9. The van der Waals surface area contributed by atoms with Crippen LogP contribution in [-0.4, -0.2) is 66.6 Å². The Morgan fingerprint density at radius 2 is 1.85 bits per heavy atom. The molecule has 0 saturated heterocycles. The number of amidine groups is 1. The van der Waals surface area contributed by atoms with Crippen LogP contribution in [0.5, 0.6) is 0 Å². The number of carboxylic acid groups (broad SMARTS) is 1. The fraction of sp³-hybridized carbons (Fsp3) is 0.348. The van der Waals surface area contributed by atoms with E-state index in [4.69, 9.17) is 31.8 Å². The van der Waals surface area contributed by atoms with Crippen molar-refractivity contribution in [2.24, 2.45) is 15.1 Å². The molecule has 10 nitrogen and oxygen atoms in total. The van der Waals surface area contributed by atoms with E-state index in [2.05, 4.69) is 24.5 Å². The molecule has 1 unspecified atom stereocenters. The molecule has 0 aliphatic carbocycles. The van der Waals surface area contributed by atoms with Gasteiger partial charge in [-0.15, -0.1) is 0 Å². The predicted octanol–water partition coefficient (Wildman–Crippen LogP) is 4.64. The van der Waals surface area contributed by atoms with Crippen LogP contribution in [0.4, 0.5) is 22.0 Å². The summed E-state index contributed by atoms with van der Waals surface area (Å²) in [6.07, 6.45) is -2.25. The largest absolute Gasteiger partial charge is 0.490 e. The second kappa shape index (κ2) is 11.1. The zero-order valence-electron chi connectivity index (χ0n) is 21.0. The number of aliphatic imine (C=N–C) groups is 1. The van der Waals surface area contributed by atoms with Gasteiger partial charge in [0.25, 0.3) is 0 Å². The van der Waals surface area contributed by atoms with Crippen molar-refractivity contribution in [2.75, 3.05) is 19.5 Å². The van der Waals surface area contributed by atoms with Crippen molar-refractivity contribution < 1.29 is 40.6 Å². The summed E-state index contributed by atoms with van der Waals surface area (Å²) in [4.78, 5) is 21.4. The Hall–Kier alpha value is -3.66. The lowest BCUT2D eigenvalue weighted by Crippen LogP contribution is -2.56. The monoisotopic (exact) mass is 608 g/mol. The second-order valence-electron chi connectivity index (χ2n) is 8.94. The summed E-state index contributed by atoms with van der Waals surface area (Å²) in [6, 6.07) is 5.58. The Balaban J connectivity index is 0.000000559. The molecular formula is C23H22ClF5N6O4S. The average molecular weight is 609 g/mol. The van der Waals surface area contributed by atoms with E-state index < -0.39 is 44.7 Å². The molecule has 3 heterocycles. The fourth-order valence-electron chi connectivity index (χ4n) is 3.63. The number of carbonyl (C=O) groups is 1. The summed E-state index contributed by atoms with van der Waals surface area (Å²) in [5.74, 6) is -3.28. The lowest BCUT2D eigenvalue weighted by atomic mass is 9.90. The highest BCUT2D eigenvalue weighted by atomic mass is 35.5. The van der Waals surface area contributed by atoms with Crippen LogP contribution in [0, 0.1) is 5.82 Å². The van der Waals surface area contributed by atoms with Gasteiger partial charge in [0.2, 0.25) is 0 Å². The summed E-state index contributed by atoms with van der Waals surface area (Å²) in [6.45, 7) is 2.15. The summed E-state index contributed by atoms with van der Waals surface area (Å²) in [7, 11) is -1.67. The number of rotatable bonds is 4. The van der Waals surface area contributed by atoms with Gasteiger partial charge in [-0.25, -0.2) is 32.1 Å². The summed E-state index contributed by atoms with van der Waals surface area (Å²) in [5, 5.41) is 11.4. The predicted molar refractivity (Wildman–Crippen MR) is 136 cm³/mol. The second-order valence-corrected chi connectivity index (χ2v) is 12.3. The van der Waals surface area contributed by atoms with E-state index in [-0.39, 0.29) is 28.7 Å². The number of alkyl halides is 4. The summed E-state index contributed by atoms with van der Waals surface area (Å²) in [5.41, 5.74) is 4.95. The molecule has 4 rings (SSSR count). The molecule has 0 fully saturated rings. The molecule has 216 valence electrons. The molecule has 17 heteroatoms. The third-order valence-corrected chi connectivity index (χ3v) is 9.51. The van der Waals surface area contributed by atoms with E-state index in [1.165, 1.54) is 37.6 Å². The molecule has 1 aliphatic heterocycles.